The molecule has 5 heteroatoms. The molecular weight excluding hydrogens is 214 g/mol. The van der Waals surface area contributed by atoms with E-state index in [1.54, 1.807) is 4.68 Å². The van der Waals surface area contributed by atoms with E-state index in [1.165, 1.54) is 0 Å². The van der Waals surface area contributed by atoms with Crippen molar-refractivity contribution in [1.82, 2.24) is 19.3 Å². The Labute approximate surface area is 101 Å². The van der Waals surface area contributed by atoms with E-state index in [2.05, 4.69) is 28.5 Å². The zero-order chi connectivity index (χ0) is 12.4. The van der Waals surface area contributed by atoms with Crippen LogP contribution in [-0.2, 0) is 13.6 Å². The molecule has 17 heavy (non-hydrogen) atoms. The van der Waals surface area contributed by atoms with Crippen molar-refractivity contribution in [3.63, 3.8) is 0 Å². The van der Waals surface area contributed by atoms with Gasteiger partial charge in [-0.05, 0) is 5.92 Å². The van der Waals surface area contributed by atoms with E-state index in [0.29, 0.717) is 5.92 Å². The molecule has 2 rings (SSSR count). The molecule has 1 atom stereocenters. The van der Waals surface area contributed by atoms with Crippen molar-refractivity contribution in [2.24, 2.45) is 18.7 Å². The van der Waals surface area contributed by atoms with Gasteiger partial charge in [0.25, 0.3) is 0 Å². The predicted octanol–water partition coefficient (Wildman–Crippen LogP) is 1.27. The van der Waals surface area contributed by atoms with Gasteiger partial charge in [0, 0.05) is 31.4 Å². The molecule has 2 heterocycles. The fraction of sp³-hybridized carbons (Fsp3) is 0.500. The van der Waals surface area contributed by atoms with Crippen molar-refractivity contribution in [2.45, 2.75) is 26.4 Å². The lowest BCUT2D eigenvalue weighted by molar-refractivity contribution is 0.435. The second kappa shape index (κ2) is 4.71. The molecule has 0 bridgehead atoms. The molecule has 0 aromatic carbocycles. The Morgan fingerprint density at radius 3 is 2.71 bits per heavy atom. The largest absolute Gasteiger partial charge is 0.329 e. The Bertz CT molecular complexity index is 483. The Kier molecular flexibility index (Phi) is 3.28. The van der Waals surface area contributed by atoms with Gasteiger partial charge in [-0.1, -0.05) is 13.8 Å². The number of aryl methyl sites for hydroxylation is 1. The normalized spacial score (nSPS) is 13.2. The predicted molar refractivity (Wildman–Crippen MR) is 67.2 cm³/mol. The van der Waals surface area contributed by atoms with Crippen LogP contribution < -0.4 is 5.73 Å². The molecule has 0 saturated heterocycles. The van der Waals surface area contributed by atoms with Crippen molar-refractivity contribution in [3.8, 4) is 11.3 Å². The quantitative estimate of drug-likeness (QED) is 0.865. The average molecular weight is 233 g/mol. The number of hydrogen-bond acceptors (Lipinski definition) is 3. The summed E-state index contributed by atoms with van der Waals surface area (Å²) in [6.07, 6.45) is 7.50. The molecule has 0 radical (unpaired) electrons. The van der Waals surface area contributed by atoms with Crippen LogP contribution in [0, 0.1) is 5.92 Å². The molecule has 92 valence electrons. The van der Waals surface area contributed by atoms with E-state index >= 15 is 0 Å². The van der Waals surface area contributed by atoms with Crippen LogP contribution in [0.2, 0.25) is 0 Å². The molecule has 2 aromatic heterocycles. The number of hydrogen-bond donors (Lipinski definition) is 1. The van der Waals surface area contributed by atoms with Crippen LogP contribution in [0.3, 0.4) is 0 Å². The van der Waals surface area contributed by atoms with Gasteiger partial charge < -0.3 is 10.3 Å². The van der Waals surface area contributed by atoms with Crippen molar-refractivity contribution in [2.75, 3.05) is 0 Å². The molecule has 2 N–H and O–H groups in total. The third-order valence-electron chi connectivity index (χ3n) is 2.98. The Balaban J connectivity index is 2.23. The smallest absolute Gasteiger partial charge is 0.0951 e. The molecule has 0 spiro atoms. The molecule has 0 aliphatic heterocycles. The highest BCUT2D eigenvalue weighted by Crippen LogP contribution is 2.18. The summed E-state index contributed by atoms with van der Waals surface area (Å²) in [5, 5.41) is 4.17. The third-order valence-corrected chi connectivity index (χ3v) is 2.98. The maximum atomic E-state index is 6.09. The second-order valence-electron chi connectivity index (χ2n) is 4.74. The van der Waals surface area contributed by atoms with E-state index in [0.717, 1.165) is 17.8 Å². The fourth-order valence-corrected chi connectivity index (χ4v) is 1.70. The number of imidazole rings is 1. The Morgan fingerprint density at radius 1 is 1.35 bits per heavy atom. The van der Waals surface area contributed by atoms with Crippen molar-refractivity contribution in [1.29, 1.82) is 0 Å². The van der Waals surface area contributed by atoms with Crippen LogP contribution >= 0.6 is 0 Å². The molecule has 0 saturated carbocycles. The molecule has 2 aromatic rings. The lowest BCUT2D eigenvalue weighted by Gasteiger charge is -2.17. The molecule has 0 aliphatic carbocycles. The van der Waals surface area contributed by atoms with Crippen molar-refractivity contribution in [3.05, 3.63) is 24.9 Å². The number of rotatable bonds is 4. The molecule has 1 unspecified atom stereocenters. The first kappa shape index (κ1) is 11.9. The standard InChI is InChI=1S/C12H19N5/c1-9(2)11(13)7-17-8-14-5-12(17)10-4-15-16(3)6-10/h4-6,8-9,11H,7,13H2,1-3H3. The van der Waals surface area contributed by atoms with Gasteiger partial charge in [-0.3, -0.25) is 4.68 Å². The van der Waals surface area contributed by atoms with Crippen LogP contribution in [0.4, 0.5) is 0 Å². The van der Waals surface area contributed by atoms with Gasteiger partial charge in [0.15, 0.2) is 0 Å². The van der Waals surface area contributed by atoms with E-state index in [-0.39, 0.29) is 6.04 Å². The van der Waals surface area contributed by atoms with Gasteiger partial charge >= 0.3 is 0 Å². The summed E-state index contributed by atoms with van der Waals surface area (Å²) in [7, 11) is 1.91. The minimum absolute atomic E-state index is 0.139. The van der Waals surface area contributed by atoms with E-state index in [1.807, 2.05) is 32.0 Å². The van der Waals surface area contributed by atoms with Gasteiger partial charge in [-0.25, -0.2) is 4.98 Å². The van der Waals surface area contributed by atoms with E-state index in [4.69, 9.17) is 5.73 Å². The lowest BCUT2D eigenvalue weighted by atomic mass is 10.1. The maximum Gasteiger partial charge on any atom is 0.0951 e. The lowest BCUT2D eigenvalue weighted by Crippen LogP contribution is -2.31. The van der Waals surface area contributed by atoms with Gasteiger partial charge in [0.2, 0.25) is 0 Å². The summed E-state index contributed by atoms with van der Waals surface area (Å²) in [6, 6.07) is 0.139. The summed E-state index contributed by atoms with van der Waals surface area (Å²) in [6.45, 7) is 5.04. The molecular formula is C12H19N5. The van der Waals surface area contributed by atoms with Crippen LogP contribution in [-0.4, -0.2) is 25.4 Å². The van der Waals surface area contributed by atoms with Crippen molar-refractivity contribution >= 4 is 0 Å². The summed E-state index contributed by atoms with van der Waals surface area (Å²) < 4.78 is 3.87. The Morgan fingerprint density at radius 2 is 2.12 bits per heavy atom. The molecule has 0 aliphatic rings. The van der Waals surface area contributed by atoms with Gasteiger partial charge in [-0.2, -0.15) is 5.10 Å². The zero-order valence-electron chi connectivity index (χ0n) is 10.5. The van der Waals surface area contributed by atoms with Crippen LogP contribution in [0.15, 0.2) is 24.9 Å². The summed E-state index contributed by atoms with van der Waals surface area (Å²) in [4.78, 5) is 4.19. The first-order chi connectivity index (χ1) is 8.08. The van der Waals surface area contributed by atoms with Gasteiger partial charge in [-0.15, -0.1) is 0 Å². The minimum Gasteiger partial charge on any atom is -0.329 e. The summed E-state index contributed by atoms with van der Waals surface area (Å²) in [5.74, 6) is 0.458. The average Bonchev–Trinajstić information content (AvgIpc) is 2.86. The molecule has 5 nitrogen and oxygen atoms in total. The molecule has 0 fully saturated rings. The third kappa shape index (κ3) is 2.55. The second-order valence-corrected chi connectivity index (χ2v) is 4.74. The zero-order valence-corrected chi connectivity index (χ0v) is 10.5. The van der Waals surface area contributed by atoms with Gasteiger partial charge in [0.05, 0.1) is 24.4 Å². The SMILES string of the molecule is CC(C)C(N)Cn1cncc1-c1cnn(C)c1. The Hall–Kier alpha value is -1.62. The number of nitrogens with zero attached hydrogens (tertiary/aromatic N) is 4. The van der Waals surface area contributed by atoms with Crippen LogP contribution in [0.1, 0.15) is 13.8 Å². The van der Waals surface area contributed by atoms with Crippen LogP contribution in [0.25, 0.3) is 11.3 Å². The maximum absolute atomic E-state index is 6.09. The number of nitrogens with two attached hydrogens (primary N) is 1. The molecule has 0 amide bonds. The van der Waals surface area contributed by atoms with Gasteiger partial charge in [0.1, 0.15) is 0 Å². The fourth-order valence-electron chi connectivity index (χ4n) is 1.70. The summed E-state index contributed by atoms with van der Waals surface area (Å²) >= 11 is 0. The highest BCUT2D eigenvalue weighted by Gasteiger charge is 2.12. The van der Waals surface area contributed by atoms with E-state index < -0.39 is 0 Å². The first-order valence-corrected chi connectivity index (χ1v) is 5.82. The monoisotopic (exact) mass is 233 g/mol. The van der Waals surface area contributed by atoms with Crippen molar-refractivity contribution < 1.29 is 0 Å². The van der Waals surface area contributed by atoms with Crippen LogP contribution in [0.5, 0.6) is 0 Å². The summed E-state index contributed by atoms with van der Waals surface area (Å²) in [5.41, 5.74) is 8.22. The highest BCUT2D eigenvalue weighted by molar-refractivity contribution is 5.56. The minimum atomic E-state index is 0.139. The van der Waals surface area contributed by atoms with E-state index in [9.17, 15) is 0 Å². The number of aromatic nitrogens is 4. The topological polar surface area (TPSA) is 61.7 Å². The highest BCUT2D eigenvalue weighted by atomic mass is 15.2. The first-order valence-electron chi connectivity index (χ1n) is 5.82.